The third kappa shape index (κ3) is 6.47. The second kappa shape index (κ2) is 13.3. The van der Waals surface area contributed by atoms with Crippen molar-refractivity contribution in [2.75, 3.05) is 19.6 Å². The minimum Gasteiger partial charge on any atom is -0.489 e. The normalized spacial score (nSPS) is 21.9. The molecule has 2 saturated heterocycles. The number of aliphatic hydroxyl groups excluding tert-OH is 1. The maximum Gasteiger partial charge on any atom is 0.335 e. The number of aliphatic hydroxyl groups is 1. The lowest BCUT2D eigenvalue weighted by molar-refractivity contribution is -0.165. The van der Waals surface area contributed by atoms with Crippen molar-refractivity contribution in [3.63, 3.8) is 0 Å². The molecule has 226 valence electrons. The largest absolute Gasteiger partial charge is 0.489 e. The molecule has 2 amide bonds. The number of rotatable bonds is 11. The number of piperazine rings is 1. The Bertz CT molecular complexity index is 1230. The molecule has 2 heterocycles. The molecular weight excluding hydrogens is 534 g/mol. The molecule has 0 unspecified atom stereocenters. The van der Waals surface area contributed by atoms with Crippen LogP contribution in [0.5, 0.6) is 5.75 Å². The summed E-state index contributed by atoms with van der Waals surface area (Å²) >= 11 is 0. The van der Waals surface area contributed by atoms with Gasteiger partial charge in [-0.15, -0.1) is 0 Å². The highest BCUT2D eigenvalue weighted by molar-refractivity contribution is 6.00. The van der Waals surface area contributed by atoms with Gasteiger partial charge in [-0.2, -0.15) is 0 Å². The van der Waals surface area contributed by atoms with Crippen molar-refractivity contribution in [2.45, 2.75) is 89.1 Å². The van der Waals surface area contributed by atoms with Gasteiger partial charge in [-0.25, -0.2) is 4.79 Å². The first kappa shape index (κ1) is 30.0. The van der Waals surface area contributed by atoms with Gasteiger partial charge in [-0.3, -0.25) is 14.5 Å². The Morgan fingerprint density at radius 1 is 1.02 bits per heavy atom. The van der Waals surface area contributed by atoms with Crippen LogP contribution in [0.1, 0.15) is 79.8 Å². The molecule has 2 aromatic rings. The predicted octanol–water partition coefficient (Wildman–Crippen LogP) is 3.98. The Kier molecular flexibility index (Phi) is 9.48. The monoisotopic (exact) mass is 577 g/mol. The standard InChI is InChI=1S/C33H43N3O6/c1-2-3-18-36-30(38)28(29(37)25-6-4-5-7-25)34-32(41)33(36)16-19-35(20-17-33)21-23-8-10-24(11-9-23)22-42-27-14-12-26(13-15-27)31(39)40/h8-15,25,28-29,37H,2-7,16-22H2,1H3,(H,34,41)(H,39,40)/t28-,29-/m1/s1. The summed E-state index contributed by atoms with van der Waals surface area (Å²) in [5, 5.41) is 23.0. The predicted molar refractivity (Wildman–Crippen MR) is 158 cm³/mol. The molecule has 3 aliphatic rings. The van der Waals surface area contributed by atoms with E-state index in [9.17, 15) is 19.5 Å². The number of carbonyl (C=O) groups excluding carboxylic acids is 2. The average Bonchev–Trinajstić information content (AvgIpc) is 3.55. The van der Waals surface area contributed by atoms with Crippen LogP contribution in [0.4, 0.5) is 0 Å². The summed E-state index contributed by atoms with van der Waals surface area (Å²) in [6, 6.07) is 13.7. The summed E-state index contributed by atoms with van der Waals surface area (Å²) in [4.78, 5) is 42.6. The molecule has 9 heteroatoms. The van der Waals surface area contributed by atoms with Crippen LogP contribution < -0.4 is 10.1 Å². The topological polar surface area (TPSA) is 119 Å². The number of amides is 2. The first-order valence-corrected chi connectivity index (χ1v) is 15.4. The third-order valence-corrected chi connectivity index (χ3v) is 9.34. The van der Waals surface area contributed by atoms with E-state index < -0.39 is 23.7 Å². The second-order valence-electron chi connectivity index (χ2n) is 12.1. The van der Waals surface area contributed by atoms with Crippen molar-refractivity contribution in [3.8, 4) is 5.75 Å². The van der Waals surface area contributed by atoms with Gasteiger partial charge in [-0.05, 0) is 73.4 Å². The van der Waals surface area contributed by atoms with E-state index in [0.717, 1.165) is 56.2 Å². The minimum absolute atomic E-state index is 0.0755. The first-order valence-electron chi connectivity index (χ1n) is 15.4. The molecule has 0 aromatic heterocycles. The maximum atomic E-state index is 13.7. The van der Waals surface area contributed by atoms with Crippen molar-refractivity contribution in [3.05, 3.63) is 65.2 Å². The molecule has 0 bridgehead atoms. The fraction of sp³-hybridized carbons (Fsp3) is 0.545. The van der Waals surface area contributed by atoms with E-state index >= 15 is 0 Å². The Labute approximate surface area is 247 Å². The summed E-state index contributed by atoms with van der Waals surface area (Å²) < 4.78 is 5.80. The fourth-order valence-electron chi connectivity index (χ4n) is 6.72. The molecule has 3 fully saturated rings. The summed E-state index contributed by atoms with van der Waals surface area (Å²) in [5.74, 6) is -0.503. The molecule has 2 aromatic carbocycles. The van der Waals surface area contributed by atoms with Gasteiger partial charge >= 0.3 is 5.97 Å². The zero-order chi connectivity index (χ0) is 29.7. The smallest absolute Gasteiger partial charge is 0.335 e. The van der Waals surface area contributed by atoms with Gasteiger partial charge in [-0.1, -0.05) is 50.5 Å². The molecule has 42 heavy (non-hydrogen) atoms. The molecule has 1 aliphatic carbocycles. The van der Waals surface area contributed by atoms with Crippen molar-refractivity contribution >= 4 is 17.8 Å². The number of benzene rings is 2. The summed E-state index contributed by atoms with van der Waals surface area (Å²) in [6.45, 7) is 5.18. The molecular formula is C33H43N3O6. The molecule has 2 atom stereocenters. The number of carboxylic acid groups (broad SMARTS) is 1. The molecule has 9 nitrogen and oxygen atoms in total. The number of hydrogen-bond donors (Lipinski definition) is 3. The van der Waals surface area contributed by atoms with Crippen LogP contribution in [0.3, 0.4) is 0 Å². The van der Waals surface area contributed by atoms with Crippen LogP contribution in [-0.2, 0) is 22.7 Å². The Balaban J connectivity index is 1.17. The van der Waals surface area contributed by atoms with E-state index in [0.29, 0.717) is 44.8 Å². The first-order chi connectivity index (χ1) is 20.3. The van der Waals surface area contributed by atoms with Gasteiger partial charge in [0.05, 0.1) is 11.7 Å². The SMILES string of the molecule is CCCCN1C(=O)[C@@H]([C@H](O)C2CCCC2)NC(=O)C12CCN(Cc1ccc(COc3ccc(C(=O)O)cc3)cc1)CC2. The lowest BCUT2D eigenvalue weighted by atomic mass is 9.80. The van der Waals surface area contributed by atoms with Crippen molar-refractivity contribution in [2.24, 2.45) is 5.92 Å². The van der Waals surface area contributed by atoms with Gasteiger partial charge in [0, 0.05) is 26.2 Å². The quantitative estimate of drug-likeness (QED) is 0.370. The van der Waals surface area contributed by atoms with Gasteiger partial charge in [0.1, 0.15) is 23.9 Å². The molecule has 1 saturated carbocycles. The highest BCUT2D eigenvalue weighted by Gasteiger charge is 2.55. The molecule has 2 aliphatic heterocycles. The lowest BCUT2D eigenvalue weighted by Crippen LogP contribution is -2.75. The zero-order valence-corrected chi connectivity index (χ0v) is 24.5. The van der Waals surface area contributed by atoms with Crippen molar-refractivity contribution in [1.29, 1.82) is 0 Å². The summed E-state index contributed by atoms with van der Waals surface area (Å²) in [5.41, 5.74) is 1.55. The van der Waals surface area contributed by atoms with Crippen LogP contribution >= 0.6 is 0 Å². The number of aromatic carboxylic acids is 1. The highest BCUT2D eigenvalue weighted by atomic mass is 16.5. The number of carbonyl (C=O) groups is 3. The van der Waals surface area contributed by atoms with Gasteiger partial charge in [0.15, 0.2) is 0 Å². The van der Waals surface area contributed by atoms with Crippen LogP contribution in [0.15, 0.2) is 48.5 Å². The number of nitrogens with one attached hydrogen (secondary N) is 1. The Morgan fingerprint density at radius 2 is 1.67 bits per heavy atom. The number of ether oxygens (including phenoxy) is 1. The summed E-state index contributed by atoms with van der Waals surface area (Å²) in [6.07, 6.45) is 6.05. The van der Waals surface area contributed by atoms with E-state index in [2.05, 4.69) is 29.3 Å². The fourth-order valence-corrected chi connectivity index (χ4v) is 6.72. The molecule has 5 rings (SSSR count). The van der Waals surface area contributed by atoms with Crippen molar-refractivity contribution < 1.29 is 29.3 Å². The van der Waals surface area contributed by atoms with E-state index in [-0.39, 0.29) is 23.3 Å². The van der Waals surface area contributed by atoms with Crippen LogP contribution in [-0.4, -0.2) is 75.1 Å². The number of piperidine rings is 1. The Hall–Kier alpha value is -3.43. The summed E-state index contributed by atoms with van der Waals surface area (Å²) in [7, 11) is 0. The average molecular weight is 578 g/mol. The Morgan fingerprint density at radius 3 is 2.29 bits per heavy atom. The van der Waals surface area contributed by atoms with E-state index in [1.807, 2.05) is 17.0 Å². The van der Waals surface area contributed by atoms with Gasteiger partial charge < -0.3 is 25.2 Å². The van der Waals surface area contributed by atoms with E-state index in [1.165, 1.54) is 12.1 Å². The molecule has 0 radical (unpaired) electrons. The highest BCUT2D eigenvalue weighted by Crippen LogP contribution is 2.36. The molecule has 1 spiro atoms. The van der Waals surface area contributed by atoms with E-state index in [1.54, 1.807) is 12.1 Å². The second-order valence-corrected chi connectivity index (χ2v) is 12.1. The van der Waals surface area contributed by atoms with Crippen LogP contribution in [0, 0.1) is 5.92 Å². The lowest BCUT2D eigenvalue weighted by Gasteiger charge is -2.52. The zero-order valence-electron chi connectivity index (χ0n) is 24.5. The molecule has 3 N–H and O–H groups in total. The van der Waals surface area contributed by atoms with Gasteiger partial charge in [0.25, 0.3) is 0 Å². The van der Waals surface area contributed by atoms with E-state index in [4.69, 9.17) is 9.84 Å². The number of nitrogens with zero attached hydrogens (tertiary/aromatic N) is 2. The van der Waals surface area contributed by atoms with Crippen LogP contribution in [0.2, 0.25) is 0 Å². The van der Waals surface area contributed by atoms with Gasteiger partial charge in [0.2, 0.25) is 11.8 Å². The van der Waals surface area contributed by atoms with Crippen LogP contribution in [0.25, 0.3) is 0 Å². The number of carboxylic acids is 1. The number of likely N-dealkylation sites (tertiary alicyclic amines) is 1. The maximum absolute atomic E-state index is 13.7. The number of unbranched alkanes of at least 4 members (excludes halogenated alkanes) is 1. The van der Waals surface area contributed by atoms with Crippen molar-refractivity contribution in [1.82, 2.24) is 15.1 Å². The third-order valence-electron chi connectivity index (χ3n) is 9.34. The minimum atomic E-state index is -0.964. The number of hydrogen-bond acceptors (Lipinski definition) is 6.